The quantitative estimate of drug-likeness (QED) is 0.618. The van der Waals surface area contributed by atoms with Crippen LogP contribution in [-0.4, -0.2) is 25.4 Å². The molecule has 0 radical (unpaired) electrons. The molecule has 1 aliphatic carbocycles. The van der Waals surface area contributed by atoms with Crippen LogP contribution in [0.25, 0.3) is 0 Å². The fourth-order valence-electron chi connectivity index (χ4n) is 3.11. The van der Waals surface area contributed by atoms with Crippen LogP contribution in [0.3, 0.4) is 0 Å². The number of hydrogen-bond donors (Lipinski definition) is 1. The number of nitrogens with one attached hydrogen (secondary N) is 1. The first-order valence-corrected chi connectivity index (χ1v) is 9.48. The van der Waals surface area contributed by atoms with E-state index in [0.717, 1.165) is 31.7 Å². The van der Waals surface area contributed by atoms with E-state index in [1.54, 1.807) is 0 Å². The Bertz CT molecular complexity index is 890. The largest absolute Gasteiger partial charge is 0.493 e. The van der Waals surface area contributed by atoms with Gasteiger partial charge in [0.05, 0.1) is 34.5 Å². The van der Waals surface area contributed by atoms with Gasteiger partial charge in [0.2, 0.25) is 0 Å². The third-order valence-corrected chi connectivity index (χ3v) is 5.13. The van der Waals surface area contributed by atoms with Gasteiger partial charge in [-0.25, -0.2) is 4.39 Å². The van der Waals surface area contributed by atoms with E-state index in [0.29, 0.717) is 12.0 Å². The maximum absolute atomic E-state index is 14.5. The number of carbonyl (C=O) groups is 2. The second kappa shape index (κ2) is 8.80. The zero-order valence-corrected chi connectivity index (χ0v) is 16.6. The summed E-state index contributed by atoms with van der Waals surface area (Å²) in [6, 6.07) is 5.13. The summed E-state index contributed by atoms with van der Waals surface area (Å²) in [5.41, 5.74) is 0.115. The molecule has 1 aliphatic rings. The van der Waals surface area contributed by atoms with E-state index < -0.39 is 11.7 Å². The smallest absolute Gasteiger partial charge is 0.258 e. The van der Waals surface area contributed by atoms with E-state index in [4.69, 9.17) is 32.7 Å². The first-order valence-electron chi connectivity index (χ1n) is 8.72. The Morgan fingerprint density at radius 2 is 1.79 bits per heavy atom. The Balaban J connectivity index is 1.90. The maximum atomic E-state index is 14.5. The molecule has 5 nitrogen and oxygen atoms in total. The lowest BCUT2D eigenvalue weighted by atomic mass is 10.1. The maximum Gasteiger partial charge on any atom is 0.258 e. The van der Waals surface area contributed by atoms with Crippen molar-refractivity contribution < 1.29 is 23.5 Å². The van der Waals surface area contributed by atoms with Gasteiger partial charge in [0.25, 0.3) is 5.91 Å². The Hall–Kier alpha value is -2.31. The second-order valence-corrected chi connectivity index (χ2v) is 7.25. The van der Waals surface area contributed by atoms with Gasteiger partial charge in [0, 0.05) is 11.6 Å². The molecule has 1 saturated carbocycles. The van der Waals surface area contributed by atoms with Crippen molar-refractivity contribution in [2.75, 3.05) is 12.4 Å². The lowest BCUT2D eigenvalue weighted by Gasteiger charge is -2.17. The molecule has 8 heteroatoms. The summed E-state index contributed by atoms with van der Waals surface area (Å²) in [4.78, 5) is 23.5. The van der Waals surface area contributed by atoms with Crippen LogP contribution >= 0.6 is 23.2 Å². The van der Waals surface area contributed by atoms with Crippen molar-refractivity contribution in [3.05, 3.63) is 51.3 Å². The molecule has 28 heavy (non-hydrogen) atoms. The summed E-state index contributed by atoms with van der Waals surface area (Å²) in [6.45, 7) is 0. The lowest BCUT2D eigenvalue weighted by Crippen LogP contribution is -2.17. The van der Waals surface area contributed by atoms with Crippen LogP contribution in [0.4, 0.5) is 10.1 Å². The zero-order valence-electron chi connectivity index (χ0n) is 15.1. The second-order valence-electron chi connectivity index (χ2n) is 6.44. The zero-order chi connectivity index (χ0) is 20.3. The average molecular weight is 426 g/mol. The minimum Gasteiger partial charge on any atom is -0.493 e. The molecule has 0 aliphatic heterocycles. The number of amides is 1. The fraction of sp³-hybridized carbons (Fsp3) is 0.300. The standard InChI is InChI=1S/C20H18Cl2FNO4/c1-27-17-9-16(23)13(8-18(17)28-12-4-2-3-5-12)20(26)24-19-14(21)6-11(10-25)7-15(19)22/h6-10,12H,2-5H2,1H3,(H,24,26). The van der Waals surface area contributed by atoms with Crippen LogP contribution in [0.2, 0.25) is 10.0 Å². The molecule has 1 fully saturated rings. The van der Waals surface area contributed by atoms with Crippen molar-refractivity contribution in [2.45, 2.75) is 31.8 Å². The van der Waals surface area contributed by atoms with Crippen LogP contribution in [0, 0.1) is 5.82 Å². The Labute approximate surface area is 171 Å². The molecule has 3 rings (SSSR count). The predicted molar refractivity (Wildman–Crippen MR) is 106 cm³/mol. The van der Waals surface area contributed by atoms with Crippen LogP contribution in [-0.2, 0) is 0 Å². The van der Waals surface area contributed by atoms with Crippen molar-refractivity contribution in [3.8, 4) is 11.5 Å². The molecule has 1 N–H and O–H groups in total. The van der Waals surface area contributed by atoms with E-state index in [-0.39, 0.29) is 38.7 Å². The molecule has 0 saturated heterocycles. The van der Waals surface area contributed by atoms with E-state index in [1.807, 2.05) is 0 Å². The van der Waals surface area contributed by atoms with Gasteiger partial charge in [-0.05, 0) is 43.9 Å². The molecule has 0 aromatic heterocycles. The first-order chi connectivity index (χ1) is 13.4. The molecule has 2 aromatic rings. The van der Waals surface area contributed by atoms with Gasteiger partial charge < -0.3 is 14.8 Å². The topological polar surface area (TPSA) is 64.6 Å². The SMILES string of the molecule is COc1cc(F)c(C(=O)Nc2c(Cl)cc(C=O)cc2Cl)cc1OC1CCCC1. The highest BCUT2D eigenvalue weighted by Gasteiger charge is 2.23. The highest BCUT2D eigenvalue weighted by Crippen LogP contribution is 2.35. The molecule has 148 valence electrons. The highest BCUT2D eigenvalue weighted by atomic mass is 35.5. The number of benzene rings is 2. The number of rotatable bonds is 6. The molecule has 1 amide bonds. The number of anilines is 1. The van der Waals surface area contributed by atoms with Gasteiger partial charge in [-0.3, -0.25) is 9.59 Å². The van der Waals surface area contributed by atoms with Crippen molar-refractivity contribution >= 4 is 41.1 Å². The summed E-state index contributed by atoms with van der Waals surface area (Å²) in [6.07, 6.45) is 4.52. The first kappa shape index (κ1) is 20.4. The van der Waals surface area contributed by atoms with Crippen molar-refractivity contribution in [3.63, 3.8) is 0 Å². The Morgan fingerprint density at radius 3 is 2.36 bits per heavy atom. The summed E-state index contributed by atoms with van der Waals surface area (Å²) < 4.78 is 25.6. The van der Waals surface area contributed by atoms with Crippen LogP contribution in [0.15, 0.2) is 24.3 Å². The molecule has 0 heterocycles. The summed E-state index contributed by atoms with van der Waals surface area (Å²) in [7, 11) is 1.41. The number of ether oxygens (including phenoxy) is 2. The van der Waals surface area contributed by atoms with Gasteiger partial charge >= 0.3 is 0 Å². The van der Waals surface area contributed by atoms with Crippen LogP contribution in [0.5, 0.6) is 11.5 Å². The van der Waals surface area contributed by atoms with Gasteiger partial charge in [0.15, 0.2) is 11.5 Å². The summed E-state index contributed by atoms with van der Waals surface area (Å²) >= 11 is 12.2. The molecule has 2 aromatic carbocycles. The normalized spacial score (nSPS) is 14.0. The van der Waals surface area contributed by atoms with Crippen molar-refractivity contribution in [1.29, 1.82) is 0 Å². The monoisotopic (exact) mass is 425 g/mol. The van der Waals surface area contributed by atoms with Gasteiger partial charge in [0.1, 0.15) is 12.1 Å². The number of aldehydes is 1. The van der Waals surface area contributed by atoms with E-state index in [2.05, 4.69) is 5.32 Å². The number of methoxy groups -OCH3 is 1. The van der Waals surface area contributed by atoms with Gasteiger partial charge in [-0.15, -0.1) is 0 Å². The lowest BCUT2D eigenvalue weighted by molar-refractivity contribution is 0.102. The van der Waals surface area contributed by atoms with Crippen molar-refractivity contribution in [2.24, 2.45) is 0 Å². The molecular weight excluding hydrogens is 408 g/mol. The summed E-state index contributed by atoms with van der Waals surface area (Å²) in [5, 5.41) is 2.63. The van der Waals surface area contributed by atoms with Crippen molar-refractivity contribution in [1.82, 2.24) is 0 Å². The minimum absolute atomic E-state index is 0.00930. The third kappa shape index (κ3) is 4.39. The Morgan fingerprint density at radius 1 is 1.14 bits per heavy atom. The molecule has 0 bridgehead atoms. The Kier molecular flexibility index (Phi) is 6.42. The molecule has 0 atom stereocenters. The predicted octanol–water partition coefficient (Wildman–Crippen LogP) is 5.53. The summed E-state index contributed by atoms with van der Waals surface area (Å²) in [5.74, 6) is -1.01. The average Bonchev–Trinajstić information content (AvgIpc) is 3.18. The highest BCUT2D eigenvalue weighted by molar-refractivity contribution is 6.40. The number of carbonyl (C=O) groups excluding carboxylic acids is 2. The van der Waals surface area contributed by atoms with Crippen LogP contribution < -0.4 is 14.8 Å². The van der Waals surface area contributed by atoms with Gasteiger partial charge in [-0.2, -0.15) is 0 Å². The third-order valence-electron chi connectivity index (χ3n) is 4.53. The molecular formula is C20H18Cl2FNO4. The van der Waals surface area contributed by atoms with Crippen LogP contribution in [0.1, 0.15) is 46.4 Å². The van der Waals surface area contributed by atoms with E-state index in [1.165, 1.54) is 25.3 Å². The minimum atomic E-state index is -0.773. The number of hydrogen-bond acceptors (Lipinski definition) is 4. The van der Waals surface area contributed by atoms with Gasteiger partial charge in [-0.1, -0.05) is 23.2 Å². The van der Waals surface area contributed by atoms with E-state index >= 15 is 0 Å². The fourth-order valence-corrected chi connectivity index (χ4v) is 3.71. The van der Waals surface area contributed by atoms with E-state index in [9.17, 15) is 14.0 Å². The molecule has 0 unspecified atom stereocenters. The molecule has 0 spiro atoms. The number of halogens is 3.